The summed E-state index contributed by atoms with van der Waals surface area (Å²) in [6.07, 6.45) is -12.2. The Hall–Kier alpha value is -2.86. The van der Waals surface area contributed by atoms with Crippen LogP contribution in [0.5, 0.6) is 5.75 Å². The van der Waals surface area contributed by atoms with E-state index < -0.39 is 87.9 Å². The molecule has 0 spiro atoms. The van der Waals surface area contributed by atoms with Gasteiger partial charge in [-0.05, 0) is 68.9 Å². The number of ether oxygens (including phenoxy) is 2. The molecule has 2 aliphatic heterocycles. The van der Waals surface area contributed by atoms with E-state index in [1.807, 2.05) is 0 Å². The van der Waals surface area contributed by atoms with E-state index in [2.05, 4.69) is 5.32 Å². The number of fused-ring (bicyclic) bond motifs is 2. The maximum Gasteiger partial charge on any atom is 0.417 e. The molecule has 2 N–H and O–H groups in total. The lowest BCUT2D eigenvalue weighted by Gasteiger charge is -2.32. The van der Waals surface area contributed by atoms with Gasteiger partial charge in [-0.25, -0.2) is 9.18 Å². The monoisotopic (exact) mass is 549 g/mol. The van der Waals surface area contributed by atoms with Crippen molar-refractivity contribution in [2.24, 2.45) is 0 Å². The second kappa shape index (κ2) is 9.41. The predicted molar refractivity (Wildman–Crippen MR) is 122 cm³/mol. The highest BCUT2D eigenvalue weighted by molar-refractivity contribution is 5.86. The number of benzene rings is 2. The summed E-state index contributed by atoms with van der Waals surface area (Å²) in [6, 6.07) is 0.693. The van der Waals surface area contributed by atoms with Crippen LogP contribution in [0, 0.1) is 12.7 Å². The highest BCUT2D eigenvalue weighted by atomic mass is 19.4. The zero-order chi connectivity index (χ0) is 28.4. The van der Waals surface area contributed by atoms with Gasteiger partial charge in [0.2, 0.25) is 0 Å². The van der Waals surface area contributed by atoms with Crippen LogP contribution in [0.3, 0.4) is 0 Å². The number of carboxylic acids is 1. The maximum absolute atomic E-state index is 15.2. The third kappa shape index (κ3) is 4.95. The summed E-state index contributed by atoms with van der Waals surface area (Å²) in [6.45, 7) is 4.56. The number of nitrogens with one attached hydrogen (secondary N) is 1. The highest BCUT2D eigenvalue weighted by Gasteiger charge is 2.50. The molecule has 0 fully saturated rings. The van der Waals surface area contributed by atoms with E-state index in [-0.39, 0.29) is 29.9 Å². The number of halogens is 7. The van der Waals surface area contributed by atoms with Crippen molar-refractivity contribution < 1.29 is 50.1 Å². The molecule has 2 aliphatic rings. The minimum Gasteiger partial charge on any atom is -0.490 e. The summed E-state index contributed by atoms with van der Waals surface area (Å²) < 4.78 is 114. The molecule has 0 unspecified atom stereocenters. The van der Waals surface area contributed by atoms with Crippen LogP contribution >= 0.6 is 0 Å². The van der Waals surface area contributed by atoms with E-state index in [0.717, 1.165) is 0 Å². The Kier molecular flexibility index (Phi) is 6.97. The van der Waals surface area contributed by atoms with E-state index >= 15 is 4.39 Å². The van der Waals surface area contributed by atoms with Crippen LogP contribution in [0.2, 0.25) is 0 Å². The van der Waals surface area contributed by atoms with E-state index in [1.165, 1.54) is 27.7 Å². The summed E-state index contributed by atoms with van der Waals surface area (Å²) in [5.74, 6) is -3.13. The van der Waals surface area contributed by atoms with Crippen molar-refractivity contribution in [3.8, 4) is 16.9 Å². The van der Waals surface area contributed by atoms with Crippen molar-refractivity contribution in [2.75, 3.05) is 6.61 Å². The van der Waals surface area contributed by atoms with Gasteiger partial charge in [0.15, 0.2) is 17.7 Å². The summed E-state index contributed by atoms with van der Waals surface area (Å²) in [4.78, 5) is 12.4. The Labute approximate surface area is 213 Å². The van der Waals surface area contributed by atoms with E-state index in [4.69, 9.17) is 9.47 Å². The van der Waals surface area contributed by atoms with Gasteiger partial charge in [-0.2, -0.15) is 26.3 Å². The number of aliphatic carboxylic acids is 1. The van der Waals surface area contributed by atoms with E-state index in [9.17, 15) is 36.2 Å². The van der Waals surface area contributed by atoms with Gasteiger partial charge in [0.1, 0.15) is 0 Å². The maximum atomic E-state index is 15.2. The molecule has 0 saturated carbocycles. The summed E-state index contributed by atoms with van der Waals surface area (Å²) >= 11 is 0. The molecule has 0 bridgehead atoms. The van der Waals surface area contributed by atoms with Crippen molar-refractivity contribution >= 4 is 5.97 Å². The highest BCUT2D eigenvalue weighted by Crippen LogP contribution is 2.53. The largest absolute Gasteiger partial charge is 0.490 e. The molecule has 5 nitrogen and oxygen atoms in total. The molecule has 0 amide bonds. The summed E-state index contributed by atoms with van der Waals surface area (Å²) in [7, 11) is 0. The average molecular weight is 549 g/mol. The molecule has 2 aromatic carbocycles. The molecule has 0 radical (unpaired) electrons. The van der Waals surface area contributed by atoms with Crippen LogP contribution in [0.25, 0.3) is 11.1 Å². The van der Waals surface area contributed by atoms with Gasteiger partial charge in [-0.3, -0.25) is 0 Å². The van der Waals surface area contributed by atoms with E-state index in [1.54, 1.807) is 0 Å². The van der Waals surface area contributed by atoms with Crippen molar-refractivity contribution in [3.05, 3.63) is 50.8 Å². The third-order valence-electron chi connectivity index (χ3n) is 6.59. The van der Waals surface area contributed by atoms with Crippen molar-refractivity contribution in [1.29, 1.82) is 0 Å². The molecule has 12 heteroatoms. The zero-order valence-electron chi connectivity index (χ0n) is 21.0. The first-order valence-electron chi connectivity index (χ1n) is 11.9. The topological polar surface area (TPSA) is 67.8 Å². The molecule has 38 heavy (non-hydrogen) atoms. The van der Waals surface area contributed by atoms with Gasteiger partial charge in [0, 0.05) is 29.8 Å². The number of carbonyl (C=O) groups is 1. The fourth-order valence-electron chi connectivity index (χ4n) is 5.26. The van der Waals surface area contributed by atoms with Crippen molar-refractivity contribution in [2.45, 2.75) is 77.7 Å². The fraction of sp³-hybridized carbons (Fsp3) is 0.500. The van der Waals surface area contributed by atoms with Crippen LogP contribution in [-0.4, -0.2) is 23.3 Å². The second-order valence-corrected chi connectivity index (χ2v) is 10.3. The minimum atomic E-state index is -5.25. The minimum absolute atomic E-state index is 0.0757. The number of rotatable bonds is 4. The molecule has 0 aromatic heterocycles. The van der Waals surface area contributed by atoms with Crippen LogP contribution in [-0.2, 0) is 41.4 Å². The van der Waals surface area contributed by atoms with Gasteiger partial charge >= 0.3 is 18.3 Å². The standard InChI is InChI=1S/C26H26F7NO4/c1-11-12-6-5-7-37-21(12)16(27)8-13(11)17-18(22(23(35)36)38-24(2,3)4)20(26(31,32)33)15-10-34-9-14(15)19(17)25(28,29)30/h8,22,34H,5-7,9-10H2,1-4H3,(H,35,36)/t22-/m0/s1. The first-order valence-corrected chi connectivity index (χ1v) is 11.9. The normalized spacial score (nSPS) is 16.6. The van der Waals surface area contributed by atoms with Crippen molar-refractivity contribution in [1.82, 2.24) is 5.32 Å². The molecular weight excluding hydrogens is 523 g/mol. The molecule has 0 saturated heterocycles. The first-order chi connectivity index (χ1) is 17.4. The SMILES string of the molecule is Cc1c(-c2c([C@H](OC(C)(C)C)C(=O)O)c(C(F)(F)F)c3c(c2C(F)(F)F)CNC3)cc(F)c2c1CCCO2. The summed E-state index contributed by atoms with van der Waals surface area (Å²) in [5, 5.41) is 12.6. The van der Waals surface area contributed by atoms with Crippen LogP contribution < -0.4 is 10.1 Å². The van der Waals surface area contributed by atoms with Crippen LogP contribution in [0.1, 0.15) is 72.2 Å². The molecule has 0 aliphatic carbocycles. The van der Waals surface area contributed by atoms with Gasteiger partial charge in [0.25, 0.3) is 0 Å². The number of alkyl halides is 6. The Bertz CT molecular complexity index is 1290. The van der Waals surface area contributed by atoms with Gasteiger partial charge in [0.05, 0.1) is 23.3 Å². The second-order valence-electron chi connectivity index (χ2n) is 10.3. The average Bonchev–Trinajstić information content (AvgIpc) is 3.25. The van der Waals surface area contributed by atoms with Gasteiger partial charge in [-0.1, -0.05) is 0 Å². The zero-order valence-corrected chi connectivity index (χ0v) is 21.0. The quantitative estimate of drug-likeness (QED) is 0.415. The van der Waals surface area contributed by atoms with Gasteiger partial charge in [-0.15, -0.1) is 0 Å². The van der Waals surface area contributed by atoms with Crippen molar-refractivity contribution in [3.63, 3.8) is 0 Å². The fourth-order valence-corrected chi connectivity index (χ4v) is 5.26. The Morgan fingerprint density at radius 1 is 1.03 bits per heavy atom. The first kappa shape index (κ1) is 28.2. The lowest BCUT2D eigenvalue weighted by molar-refractivity contribution is -0.163. The summed E-state index contributed by atoms with van der Waals surface area (Å²) in [5.41, 5.74) is -8.12. The Balaban J connectivity index is 2.27. The number of hydrogen-bond acceptors (Lipinski definition) is 4. The number of hydrogen-bond donors (Lipinski definition) is 2. The lowest BCUT2D eigenvalue weighted by atomic mass is 9.79. The molecule has 2 aromatic rings. The lowest BCUT2D eigenvalue weighted by Crippen LogP contribution is -2.31. The predicted octanol–water partition coefficient (Wildman–Crippen LogP) is 6.71. The van der Waals surface area contributed by atoms with Crippen LogP contribution in [0.4, 0.5) is 30.7 Å². The Morgan fingerprint density at radius 2 is 1.61 bits per heavy atom. The third-order valence-corrected chi connectivity index (χ3v) is 6.59. The molecular formula is C26H26F7NO4. The van der Waals surface area contributed by atoms with Gasteiger partial charge < -0.3 is 19.9 Å². The molecule has 208 valence electrons. The molecule has 2 heterocycles. The molecule has 1 atom stereocenters. The smallest absolute Gasteiger partial charge is 0.417 e. The molecule has 4 rings (SSSR count). The number of carboxylic acid groups (broad SMARTS) is 1. The van der Waals surface area contributed by atoms with E-state index in [0.29, 0.717) is 12.5 Å². The Morgan fingerprint density at radius 3 is 2.13 bits per heavy atom. The van der Waals surface area contributed by atoms with Crippen LogP contribution in [0.15, 0.2) is 6.07 Å².